The quantitative estimate of drug-likeness (QED) is 0.828. The van der Waals surface area contributed by atoms with Crippen LogP contribution in [0.1, 0.15) is 38.8 Å². The Morgan fingerprint density at radius 1 is 1.24 bits per heavy atom. The predicted octanol–water partition coefficient (Wildman–Crippen LogP) is 4.45. The average molecular weight is 276 g/mol. The van der Waals surface area contributed by atoms with E-state index in [1.807, 2.05) is 13.0 Å². The summed E-state index contributed by atoms with van der Waals surface area (Å²) in [5.74, 6) is 0.644. The standard InChI is InChI=1S/C13H19Cl2NO/c1-4-6-16-9(3)10-7-12(15)13(17-5-2)8-11(10)14/h7-9,16H,4-6H2,1-3H3. The van der Waals surface area contributed by atoms with E-state index < -0.39 is 0 Å². The van der Waals surface area contributed by atoms with Gasteiger partial charge in [0.1, 0.15) is 5.75 Å². The van der Waals surface area contributed by atoms with Gasteiger partial charge in [-0.25, -0.2) is 0 Å². The second kappa shape index (κ2) is 7.10. The van der Waals surface area contributed by atoms with Gasteiger partial charge in [-0.3, -0.25) is 0 Å². The monoisotopic (exact) mass is 275 g/mol. The minimum absolute atomic E-state index is 0.190. The van der Waals surface area contributed by atoms with Crippen molar-refractivity contribution >= 4 is 23.2 Å². The maximum atomic E-state index is 6.23. The van der Waals surface area contributed by atoms with Gasteiger partial charge in [-0.1, -0.05) is 30.1 Å². The molecule has 0 saturated heterocycles. The maximum Gasteiger partial charge on any atom is 0.139 e. The highest BCUT2D eigenvalue weighted by atomic mass is 35.5. The minimum Gasteiger partial charge on any atom is -0.492 e. The molecule has 1 N–H and O–H groups in total. The van der Waals surface area contributed by atoms with E-state index in [0.717, 1.165) is 18.5 Å². The van der Waals surface area contributed by atoms with Crippen LogP contribution in [0, 0.1) is 0 Å². The van der Waals surface area contributed by atoms with Gasteiger partial charge in [0.15, 0.2) is 0 Å². The Hall–Kier alpha value is -0.440. The zero-order chi connectivity index (χ0) is 12.8. The van der Waals surface area contributed by atoms with E-state index in [-0.39, 0.29) is 6.04 Å². The molecule has 96 valence electrons. The first-order chi connectivity index (χ1) is 8.10. The van der Waals surface area contributed by atoms with Gasteiger partial charge in [0, 0.05) is 17.1 Å². The van der Waals surface area contributed by atoms with Crippen LogP contribution >= 0.6 is 23.2 Å². The predicted molar refractivity (Wildman–Crippen MR) is 74.3 cm³/mol. The van der Waals surface area contributed by atoms with Crippen LogP contribution in [0.4, 0.5) is 0 Å². The molecule has 1 rings (SSSR count). The Bertz CT molecular complexity index is 369. The van der Waals surface area contributed by atoms with Gasteiger partial charge in [-0.15, -0.1) is 0 Å². The molecule has 0 spiro atoms. The molecule has 0 fully saturated rings. The first-order valence-electron chi connectivity index (χ1n) is 5.95. The molecule has 0 aliphatic rings. The third-order valence-electron chi connectivity index (χ3n) is 2.52. The smallest absolute Gasteiger partial charge is 0.139 e. The van der Waals surface area contributed by atoms with E-state index in [9.17, 15) is 0 Å². The van der Waals surface area contributed by atoms with Gasteiger partial charge < -0.3 is 10.1 Å². The zero-order valence-corrected chi connectivity index (χ0v) is 12.0. The SMILES string of the molecule is CCCNC(C)c1cc(Cl)c(OCC)cc1Cl. The van der Waals surface area contributed by atoms with Crippen molar-refractivity contribution in [3.8, 4) is 5.75 Å². The summed E-state index contributed by atoms with van der Waals surface area (Å²) in [4.78, 5) is 0. The average Bonchev–Trinajstić information content (AvgIpc) is 2.30. The summed E-state index contributed by atoms with van der Waals surface area (Å²) in [5, 5.41) is 4.68. The van der Waals surface area contributed by atoms with Gasteiger partial charge in [-0.2, -0.15) is 0 Å². The fourth-order valence-corrected chi connectivity index (χ4v) is 2.16. The highest BCUT2D eigenvalue weighted by molar-refractivity contribution is 6.34. The highest BCUT2D eigenvalue weighted by Gasteiger charge is 2.13. The van der Waals surface area contributed by atoms with Crippen LogP contribution in [0.3, 0.4) is 0 Å². The van der Waals surface area contributed by atoms with E-state index in [4.69, 9.17) is 27.9 Å². The number of halogens is 2. The number of benzene rings is 1. The Morgan fingerprint density at radius 3 is 2.53 bits per heavy atom. The van der Waals surface area contributed by atoms with Crippen molar-refractivity contribution in [1.82, 2.24) is 5.32 Å². The summed E-state index contributed by atoms with van der Waals surface area (Å²) < 4.78 is 5.40. The van der Waals surface area contributed by atoms with Crippen molar-refractivity contribution in [2.24, 2.45) is 0 Å². The zero-order valence-electron chi connectivity index (χ0n) is 10.5. The Labute approximate surface area is 113 Å². The second-order valence-electron chi connectivity index (χ2n) is 3.91. The molecule has 1 aromatic carbocycles. The molecule has 1 unspecified atom stereocenters. The fourth-order valence-electron chi connectivity index (χ4n) is 1.61. The second-order valence-corrected chi connectivity index (χ2v) is 4.73. The number of rotatable bonds is 6. The van der Waals surface area contributed by atoms with Crippen LogP contribution in [-0.2, 0) is 0 Å². The van der Waals surface area contributed by atoms with Crippen molar-refractivity contribution in [3.05, 3.63) is 27.7 Å². The molecular weight excluding hydrogens is 257 g/mol. The Morgan fingerprint density at radius 2 is 1.94 bits per heavy atom. The fraction of sp³-hybridized carbons (Fsp3) is 0.538. The lowest BCUT2D eigenvalue weighted by Gasteiger charge is -2.17. The lowest BCUT2D eigenvalue weighted by Crippen LogP contribution is -2.19. The molecule has 0 aliphatic heterocycles. The topological polar surface area (TPSA) is 21.3 Å². The summed E-state index contributed by atoms with van der Waals surface area (Å²) in [5.41, 5.74) is 1.01. The van der Waals surface area contributed by atoms with Crippen molar-refractivity contribution in [3.63, 3.8) is 0 Å². The Balaban J connectivity index is 2.90. The molecule has 2 nitrogen and oxygen atoms in total. The number of hydrogen-bond acceptors (Lipinski definition) is 2. The van der Waals surface area contributed by atoms with Gasteiger partial charge in [-0.05, 0) is 38.4 Å². The van der Waals surface area contributed by atoms with Crippen molar-refractivity contribution < 1.29 is 4.74 Å². The normalized spacial score (nSPS) is 12.5. The molecule has 0 aliphatic carbocycles. The van der Waals surface area contributed by atoms with Crippen LogP contribution in [0.15, 0.2) is 12.1 Å². The van der Waals surface area contributed by atoms with Crippen LogP contribution < -0.4 is 10.1 Å². The van der Waals surface area contributed by atoms with E-state index in [1.54, 1.807) is 6.07 Å². The largest absolute Gasteiger partial charge is 0.492 e. The lowest BCUT2D eigenvalue weighted by molar-refractivity contribution is 0.340. The number of nitrogens with one attached hydrogen (secondary N) is 1. The summed E-state index contributed by atoms with van der Waals surface area (Å²) in [7, 11) is 0. The van der Waals surface area contributed by atoms with Gasteiger partial charge in [0.25, 0.3) is 0 Å². The molecule has 1 aromatic rings. The minimum atomic E-state index is 0.190. The van der Waals surface area contributed by atoms with Crippen LogP contribution in [0.25, 0.3) is 0 Å². The Kier molecular flexibility index (Phi) is 6.10. The van der Waals surface area contributed by atoms with E-state index in [1.165, 1.54) is 0 Å². The van der Waals surface area contributed by atoms with Crippen LogP contribution in [0.2, 0.25) is 10.0 Å². The van der Waals surface area contributed by atoms with Crippen LogP contribution in [0.5, 0.6) is 5.75 Å². The van der Waals surface area contributed by atoms with Gasteiger partial charge >= 0.3 is 0 Å². The van der Waals surface area contributed by atoms with Gasteiger partial charge in [0.05, 0.1) is 11.6 Å². The lowest BCUT2D eigenvalue weighted by atomic mass is 10.1. The molecule has 0 bridgehead atoms. The summed E-state index contributed by atoms with van der Waals surface area (Å²) in [6.07, 6.45) is 1.09. The maximum absolute atomic E-state index is 6.23. The van der Waals surface area contributed by atoms with E-state index >= 15 is 0 Å². The molecule has 0 heterocycles. The molecule has 0 radical (unpaired) electrons. The van der Waals surface area contributed by atoms with E-state index in [2.05, 4.69) is 19.2 Å². The molecule has 0 saturated carbocycles. The third-order valence-corrected chi connectivity index (χ3v) is 3.14. The van der Waals surface area contributed by atoms with Gasteiger partial charge in [0.2, 0.25) is 0 Å². The summed E-state index contributed by atoms with van der Waals surface area (Å²) in [6, 6.07) is 3.85. The molecule has 0 aromatic heterocycles. The van der Waals surface area contributed by atoms with Crippen molar-refractivity contribution in [2.75, 3.05) is 13.2 Å². The third kappa shape index (κ3) is 4.06. The number of hydrogen-bond donors (Lipinski definition) is 1. The first kappa shape index (κ1) is 14.6. The highest BCUT2D eigenvalue weighted by Crippen LogP contribution is 2.34. The molecule has 4 heteroatoms. The molecule has 0 amide bonds. The summed E-state index contributed by atoms with van der Waals surface area (Å²) >= 11 is 12.4. The first-order valence-corrected chi connectivity index (χ1v) is 6.70. The van der Waals surface area contributed by atoms with Crippen molar-refractivity contribution in [1.29, 1.82) is 0 Å². The van der Waals surface area contributed by atoms with E-state index in [0.29, 0.717) is 22.4 Å². The number of ether oxygens (including phenoxy) is 1. The van der Waals surface area contributed by atoms with Crippen LogP contribution in [-0.4, -0.2) is 13.2 Å². The molecule has 17 heavy (non-hydrogen) atoms. The van der Waals surface area contributed by atoms with Crippen molar-refractivity contribution in [2.45, 2.75) is 33.2 Å². The molecular formula is C13H19Cl2NO. The molecule has 1 atom stereocenters. The summed E-state index contributed by atoms with van der Waals surface area (Å²) in [6.45, 7) is 7.67.